The predicted molar refractivity (Wildman–Crippen MR) is 106 cm³/mol. The zero-order valence-corrected chi connectivity index (χ0v) is 16.5. The van der Waals surface area contributed by atoms with Gasteiger partial charge in [0.1, 0.15) is 0 Å². The van der Waals surface area contributed by atoms with E-state index in [1.54, 1.807) is 11.8 Å². The van der Waals surface area contributed by atoms with Gasteiger partial charge in [0.05, 0.1) is 19.0 Å². The Kier molecular flexibility index (Phi) is 8.64. The third-order valence-corrected chi connectivity index (χ3v) is 5.62. The minimum atomic E-state index is -0.990. The summed E-state index contributed by atoms with van der Waals surface area (Å²) in [6.07, 6.45) is 7.95. The molecule has 27 heavy (non-hydrogen) atoms. The molecule has 148 valence electrons. The SMILES string of the molecule is CSc1ccc(C(CC(=O)O)NC(=O)CNC(=O)CC2CCCCC2)cc1. The van der Waals surface area contributed by atoms with Gasteiger partial charge in [0.25, 0.3) is 0 Å². The van der Waals surface area contributed by atoms with E-state index in [0.717, 1.165) is 23.3 Å². The molecule has 3 N–H and O–H groups in total. The van der Waals surface area contributed by atoms with Crippen LogP contribution in [0.2, 0.25) is 0 Å². The fourth-order valence-corrected chi connectivity index (χ4v) is 3.82. The van der Waals surface area contributed by atoms with E-state index in [9.17, 15) is 14.4 Å². The Hall–Kier alpha value is -2.02. The summed E-state index contributed by atoms with van der Waals surface area (Å²) in [7, 11) is 0. The normalized spacial score (nSPS) is 15.7. The van der Waals surface area contributed by atoms with Crippen LogP contribution in [0.4, 0.5) is 0 Å². The summed E-state index contributed by atoms with van der Waals surface area (Å²) < 4.78 is 0. The smallest absolute Gasteiger partial charge is 0.305 e. The van der Waals surface area contributed by atoms with Gasteiger partial charge in [-0.3, -0.25) is 14.4 Å². The Balaban J connectivity index is 1.84. The van der Waals surface area contributed by atoms with Gasteiger partial charge in [-0.15, -0.1) is 11.8 Å². The van der Waals surface area contributed by atoms with Crippen LogP contribution in [-0.4, -0.2) is 35.7 Å². The Labute approximate surface area is 164 Å². The highest BCUT2D eigenvalue weighted by Crippen LogP contribution is 2.26. The molecule has 1 saturated carbocycles. The molecule has 2 rings (SSSR count). The van der Waals surface area contributed by atoms with Crippen molar-refractivity contribution in [1.29, 1.82) is 0 Å². The zero-order valence-electron chi connectivity index (χ0n) is 15.7. The largest absolute Gasteiger partial charge is 0.481 e. The molecule has 0 radical (unpaired) electrons. The van der Waals surface area contributed by atoms with Gasteiger partial charge in [0, 0.05) is 11.3 Å². The number of carbonyl (C=O) groups is 3. The van der Waals surface area contributed by atoms with Crippen LogP contribution in [0.3, 0.4) is 0 Å². The quantitative estimate of drug-likeness (QED) is 0.561. The van der Waals surface area contributed by atoms with E-state index in [-0.39, 0.29) is 24.8 Å². The molecule has 1 aliphatic rings. The van der Waals surface area contributed by atoms with E-state index in [1.165, 1.54) is 19.3 Å². The van der Waals surface area contributed by atoms with Crippen molar-refractivity contribution in [2.24, 2.45) is 5.92 Å². The van der Waals surface area contributed by atoms with Crippen LogP contribution < -0.4 is 10.6 Å². The zero-order chi connectivity index (χ0) is 19.6. The molecular weight excluding hydrogens is 364 g/mol. The van der Waals surface area contributed by atoms with Crippen LogP contribution >= 0.6 is 11.8 Å². The lowest BCUT2D eigenvalue weighted by Gasteiger charge is -2.21. The number of carbonyl (C=O) groups excluding carboxylic acids is 2. The maximum absolute atomic E-state index is 12.2. The van der Waals surface area contributed by atoms with E-state index in [2.05, 4.69) is 10.6 Å². The second kappa shape index (κ2) is 11.0. The fraction of sp³-hybridized carbons (Fsp3) is 0.550. The molecule has 1 fully saturated rings. The number of hydrogen-bond donors (Lipinski definition) is 3. The first-order chi connectivity index (χ1) is 13.0. The number of aliphatic carboxylic acids is 1. The molecule has 2 amide bonds. The second-order valence-corrected chi connectivity index (χ2v) is 7.86. The van der Waals surface area contributed by atoms with Crippen LogP contribution in [0, 0.1) is 5.92 Å². The Morgan fingerprint density at radius 2 is 1.78 bits per heavy atom. The number of benzene rings is 1. The standard InChI is InChI=1S/C20H28N2O4S/c1-27-16-9-7-15(8-10-16)17(12-20(25)26)22-19(24)13-21-18(23)11-14-5-3-2-4-6-14/h7-10,14,17H,2-6,11-13H2,1H3,(H,21,23)(H,22,24)(H,25,26). The van der Waals surface area contributed by atoms with E-state index < -0.39 is 12.0 Å². The highest BCUT2D eigenvalue weighted by molar-refractivity contribution is 7.98. The third kappa shape index (κ3) is 7.62. The van der Waals surface area contributed by atoms with Gasteiger partial charge in [-0.2, -0.15) is 0 Å². The van der Waals surface area contributed by atoms with Crippen LogP contribution in [0.5, 0.6) is 0 Å². The summed E-state index contributed by atoms with van der Waals surface area (Å²) in [4.78, 5) is 36.5. The van der Waals surface area contributed by atoms with E-state index in [4.69, 9.17) is 5.11 Å². The number of rotatable bonds is 9. The molecule has 0 aliphatic heterocycles. The molecule has 0 saturated heterocycles. The molecule has 0 bridgehead atoms. The molecule has 7 heteroatoms. The molecule has 1 aromatic rings. The summed E-state index contributed by atoms with van der Waals surface area (Å²) in [5, 5.41) is 14.5. The van der Waals surface area contributed by atoms with Crippen LogP contribution in [0.25, 0.3) is 0 Å². The molecule has 1 aromatic carbocycles. The first kappa shape index (κ1) is 21.3. The van der Waals surface area contributed by atoms with Crippen molar-refractivity contribution in [3.05, 3.63) is 29.8 Å². The number of hydrogen-bond acceptors (Lipinski definition) is 4. The molecule has 0 spiro atoms. The number of amides is 2. The lowest BCUT2D eigenvalue weighted by atomic mass is 9.87. The maximum atomic E-state index is 12.2. The van der Waals surface area contributed by atoms with Crippen molar-refractivity contribution in [2.75, 3.05) is 12.8 Å². The van der Waals surface area contributed by atoms with Crippen molar-refractivity contribution < 1.29 is 19.5 Å². The highest BCUT2D eigenvalue weighted by atomic mass is 32.2. The fourth-order valence-electron chi connectivity index (χ4n) is 3.41. The second-order valence-electron chi connectivity index (χ2n) is 6.98. The van der Waals surface area contributed by atoms with E-state index in [0.29, 0.717) is 12.3 Å². The molecular formula is C20H28N2O4S. The van der Waals surface area contributed by atoms with Gasteiger partial charge in [0.15, 0.2) is 0 Å². The van der Waals surface area contributed by atoms with Gasteiger partial charge >= 0.3 is 5.97 Å². The number of nitrogens with one attached hydrogen (secondary N) is 2. The van der Waals surface area contributed by atoms with Crippen molar-refractivity contribution in [2.45, 2.75) is 55.9 Å². The molecule has 0 aromatic heterocycles. The van der Waals surface area contributed by atoms with Gasteiger partial charge in [-0.1, -0.05) is 31.4 Å². The topological polar surface area (TPSA) is 95.5 Å². The minimum Gasteiger partial charge on any atom is -0.481 e. The van der Waals surface area contributed by atoms with Crippen molar-refractivity contribution >= 4 is 29.5 Å². The predicted octanol–water partition coefficient (Wildman–Crippen LogP) is 3.13. The molecule has 6 nitrogen and oxygen atoms in total. The van der Waals surface area contributed by atoms with Crippen molar-refractivity contribution in [1.82, 2.24) is 10.6 Å². The minimum absolute atomic E-state index is 0.115. The number of carboxylic acids is 1. The number of carboxylic acid groups (broad SMARTS) is 1. The maximum Gasteiger partial charge on any atom is 0.305 e. The summed E-state index contributed by atoms with van der Waals surface area (Å²) in [5.41, 5.74) is 0.733. The average Bonchev–Trinajstić information content (AvgIpc) is 2.66. The first-order valence-corrected chi connectivity index (χ1v) is 10.6. The summed E-state index contributed by atoms with van der Waals surface area (Å²) in [5.74, 6) is -1.07. The first-order valence-electron chi connectivity index (χ1n) is 9.39. The summed E-state index contributed by atoms with van der Waals surface area (Å²) >= 11 is 1.59. The average molecular weight is 393 g/mol. The monoisotopic (exact) mass is 392 g/mol. The van der Waals surface area contributed by atoms with Crippen LogP contribution in [0.15, 0.2) is 29.2 Å². The Bertz CT molecular complexity index is 642. The van der Waals surface area contributed by atoms with Crippen LogP contribution in [0.1, 0.15) is 56.6 Å². The Morgan fingerprint density at radius 3 is 2.37 bits per heavy atom. The lowest BCUT2D eigenvalue weighted by Crippen LogP contribution is -2.39. The Morgan fingerprint density at radius 1 is 1.11 bits per heavy atom. The van der Waals surface area contributed by atoms with E-state index in [1.807, 2.05) is 30.5 Å². The third-order valence-electron chi connectivity index (χ3n) is 4.88. The van der Waals surface area contributed by atoms with Crippen LogP contribution in [-0.2, 0) is 14.4 Å². The molecule has 1 unspecified atom stereocenters. The summed E-state index contributed by atoms with van der Waals surface area (Å²) in [6, 6.07) is 6.81. The van der Waals surface area contributed by atoms with E-state index >= 15 is 0 Å². The lowest BCUT2D eigenvalue weighted by molar-refractivity contribution is -0.138. The van der Waals surface area contributed by atoms with Crippen molar-refractivity contribution in [3.63, 3.8) is 0 Å². The van der Waals surface area contributed by atoms with Crippen molar-refractivity contribution in [3.8, 4) is 0 Å². The van der Waals surface area contributed by atoms with Gasteiger partial charge in [0.2, 0.25) is 11.8 Å². The molecule has 1 aliphatic carbocycles. The highest BCUT2D eigenvalue weighted by Gasteiger charge is 2.20. The van der Waals surface area contributed by atoms with Gasteiger partial charge in [-0.25, -0.2) is 0 Å². The summed E-state index contributed by atoms with van der Waals surface area (Å²) in [6.45, 7) is -0.134. The molecule has 1 atom stereocenters. The van der Waals surface area contributed by atoms with Gasteiger partial charge in [-0.05, 0) is 42.7 Å². The number of thioether (sulfide) groups is 1. The molecule has 0 heterocycles. The van der Waals surface area contributed by atoms with Gasteiger partial charge < -0.3 is 15.7 Å².